The van der Waals surface area contributed by atoms with Crippen LogP contribution in [-0.4, -0.2) is 58.9 Å². The number of hydrogen-bond donors (Lipinski definition) is 0. The van der Waals surface area contributed by atoms with Gasteiger partial charge in [-0.2, -0.15) is 0 Å². The van der Waals surface area contributed by atoms with E-state index >= 15 is 0 Å². The van der Waals surface area contributed by atoms with Gasteiger partial charge in [-0.15, -0.1) is 0 Å². The summed E-state index contributed by atoms with van der Waals surface area (Å²) in [5.74, 6) is 1.33. The number of fused-ring (bicyclic) bond motifs is 1. The third kappa shape index (κ3) is 3.29. The van der Waals surface area contributed by atoms with Crippen molar-refractivity contribution >= 4 is 11.8 Å². The Morgan fingerprint density at radius 2 is 2.04 bits per heavy atom. The summed E-state index contributed by atoms with van der Waals surface area (Å²) in [5.41, 5.74) is 0.714. The Morgan fingerprint density at radius 3 is 2.80 bits per heavy atom. The standard InChI is InChI=1S/C18H25N3O4/c1-12-4-2-7-20(10-12)18(23)16-19-13-11-21(8-6-14(13)25-16)17(22)15-5-3-9-24-15/h12,15H,2-11H2,1H3/t12-,15+/m0/s1. The van der Waals surface area contributed by atoms with Gasteiger partial charge in [0.25, 0.3) is 11.8 Å². The molecule has 2 atom stereocenters. The van der Waals surface area contributed by atoms with Crippen molar-refractivity contribution in [3.8, 4) is 0 Å². The molecular weight excluding hydrogens is 322 g/mol. The number of nitrogens with zero attached hydrogens (tertiary/aromatic N) is 3. The van der Waals surface area contributed by atoms with Crippen LogP contribution in [0.25, 0.3) is 0 Å². The lowest BCUT2D eigenvalue weighted by atomic mass is 10.0. The molecule has 0 saturated carbocycles. The van der Waals surface area contributed by atoms with E-state index in [1.807, 2.05) is 4.90 Å². The Bertz CT molecular complexity index is 665. The first-order chi connectivity index (χ1) is 12.1. The van der Waals surface area contributed by atoms with Gasteiger partial charge in [0.15, 0.2) is 0 Å². The van der Waals surface area contributed by atoms with Gasteiger partial charge in [-0.3, -0.25) is 9.59 Å². The van der Waals surface area contributed by atoms with Crippen LogP contribution in [0, 0.1) is 5.92 Å². The molecular formula is C18H25N3O4. The van der Waals surface area contributed by atoms with E-state index in [1.54, 1.807) is 4.90 Å². The van der Waals surface area contributed by atoms with E-state index in [4.69, 9.17) is 9.15 Å². The Hall–Kier alpha value is -1.89. The molecule has 4 heterocycles. The van der Waals surface area contributed by atoms with Gasteiger partial charge in [-0.25, -0.2) is 4.98 Å². The first-order valence-corrected chi connectivity index (χ1v) is 9.30. The Labute approximate surface area is 147 Å². The van der Waals surface area contributed by atoms with Gasteiger partial charge in [0.2, 0.25) is 0 Å². The van der Waals surface area contributed by atoms with E-state index in [-0.39, 0.29) is 23.8 Å². The highest BCUT2D eigenvalue weighted by atomic mass is 16.5. The molecule has 0 aromatic carbocycles. The highest BCUT2D eigenvalue weighted by Crippen LogP contribution is 2.24. The summed E-state index contributed by atoms with van der Waals surface area (Å²) in [6.07, 6.45) is 4.20. The van der Waals surface area contributed by atoms with Crippen LogP contribution in [0.1, 0.15) is 54.7 Å². The first-order valence-electron chi connectivity index (χ1n) is 9.30. The number of ether oxygens (including phenoxy) is 1. The number of piperidine rings is 1. The maximum Gasteiger partial charge on any atom is 0.309 e. The van der Waals surface area contributed by atoms with Crippen LogP contribution in [0.2, 0.25) is 0 Å². The quantitative estimate of drug-likeness (QED) is 0.812. The summed E-state index contributed by atoms with van der Waals surface area (Å²) in [7, 11) is 0. The van der Waals surface area contributed by atoms with Gasteiger partial charge >= 0.3 is 5.91 Å². The molecule has 0 N–H and O–H groups in total. The van der Waals surface area contributed by atoms with Crippen molar-refractivity contribution in [2.45, 2.75) is 51.7 Å². The zero-order chi connectivity index (χ0) is 17.4. The molecule has 2 saturated heterocycles. The lowest BCUT2D eigenvalue weighted by Gasteiger charge is -2.29. The molecule has 0 spiro atoms. The smallest absolute Gasteiger partial charge is 0.309 e. The molecule has 3 aliphatic heterocycles. The first kappa shape index (κ1) is 16.6. The molecule has 25 heavy (non-hydrogen) atoms. The molecule has 7 nitrogen and oxygen atoms in total. The summed E-state index contributed by atoms with van der Waals surface area (Å²) < 4.78 is 11.2. The van der Waals surface area contributed by atoms with Gasteiger partial charge in [-0.1, -0.05) is 6.92 Å². The van der Waals surface area contributed by atoms with E-state index in [0.717, 1.165) is 44.5 Å². The molecule has 0 unspecified atom stereocenters. The number of amides is 2. The Kier molecular flexibility index (Phi) is 4.50. The molecule has 1 aromatic heterocycles. The van der Waals surface area contributed by atoms with Crippen LogP contribution >= 0.6 is 0 Å². The van der Waals surface area contributed by atoms with Gasteiger partial charge in [0.1, 0.15) is 17.6 Å². The number of aromatic nitrogens is 1. The number of oxazole rings is 1. The molecule has 0 radical (unpaired) electrons. The van der Waals surface area contributed by atoms with Crippen LogP contribution in [0.3, 0.4) is 0 Å². The Morgan fingerprint density at radius 1 is 1.16 bits per heavy atom. The van der Waals surface area contributed by atoms with E-state index in [9.17, 15) is 9.59 Å². The van der Waals surface area contributed by atoms with Crippen LogP contribution < -0.4 is 0 Å². The minimum Gasteiger partial charge on any atom is -0.437 e. The fourth-order valence-corrected chi connectivity index (χ4v) is 3.96. The van der Waals surface area contributed by atoms with Gasteiger partial charge in [-0.05, 0) is 31.6 Å². The third-order valence-corrected chi connectivity index (χ3v) is 5.37. The van der Waals surface area contributed by atoms with Crippen LogP contribution in [0.5, 0.6) is 0 Å². The fourth-order valence-electron chi connectivity index (χ4n) is 3.96. The van der Waals surface area contributed by atoms with Crippen molar-refractivity contribution in [3.63, 3.8) is 0 Å². The van der Waals surface area contributed by atoms with E-state index in [2.05, 4.69) is 11.9 Å². The summed E-state index contributed by atoms with van der Waals surface area (Å²) in [6, 6.07) is 0. The van der Waals surface area contributed by atoms with E-state index < -0.39 is 0 Å². The largest absolute Gasteiger partial charge is 0.437 e. The zero-order valence-electron chi connectivity index (χ0n) is 14.7. The van der Waals surface area contributed by atoms with Gasteiger partial charge < -0.3 is 19.0 Å². The maximum absolute atomic E-state index is 12.7. The SMILES string of the molecule is C[C@H]1CCCN(C(=O)c2nc3c(o2)CCN(C(=O)[C@H]2CCCO2)C3)C1. The second-order valence-electron chi connectivity index (χ2n) is 7.40. The second-order valence-corrected chi connectivity index (χ2v) is 7.40. The minimum atomic E-state index is -0.315. The monoisotopic (exact) mass is 347 g/mol. The number of carbonyl (C=O) groups is 2. The highest BCUT2D eigenvalue weighted by Gasteiger charge is 2.33. The van der Waals surface area contributed by atoms with Gasteiger partial charge in [0.05, 0.1) is 6.54 Å². The van der Waals surface area contributed by atoms with Crippen molar-refractivity contribution in [2.24, 2.45) is 5.92 Å². The number of rotatable bonds is 2. The van der Waals surface area contributed by atoms with Crippen molar-refractivity contribution in [1.29, 1.82) is 0 Å². The Balaban J connectivity index is 1.45. The number of hydrogen-bond acceptors (Lipinski definition) is 5. The third-order valence-electron chi connectivity index (χ3n) is 5.37. The average molecular weight is 347 g/mol. The summed E-state index contributed by atoms with van der Waals surface area (Å²) in [5, 5.41) is 0. The summed E-state index contributed by atoms with van der Waals surface area (Å²) in [6.45, 7) is 5.34. The minimum absolute atomic E-state index is 0.0314. The molecule has 136 valence electrons. The van der Waals surface area contributed by atoms with Crippen molar-refractivity contribution in [2.75, 3.05) is 26.2 Å². The second kappa shape index (κ2) is 6.78. The van der Waals surface area contributed by atoms with Crippen molar-refractivity contribution < 1.29 is 18.7 Å². The zero-order valence-corrected chi connectivity index (χ0v) is 14.7. The predicted octanol–water partition coefficient (Wildman–Crippen LogP) is 1.61. The molecule has 7 heteroatoms. The molecule has 1 aromatic rings. The van der Waals surface area contributed by atoms with E-state index in [0.29, 0.717) is 37.7 Å². The predicted molar refractivity (Wildman–Crippen MR) is 88.9 cm³/mol. The highest BCUT2D eigenvalue weighted by molar-refractivity contribution is 5.90. The van der Waals surface area contributed by atoms with E-state index in [1.165, 1.54) is 0 Å². The molecule has 0 bridgehead atoms. The summed E-state index contributed by atoms with van der Waals surface area (Å²) >= 11 is 0. The summed E-state index contributed by atoms with van der Waals surface area (Å²) in [4.78, 5) is 33.2. The van der Waals surface area contributed by atoms with Gasteiger partial charge in [0, 0.05) is 32.7 Å². The van der Waals surface area contributed by atoms with Crippen LogP contribution in [0.15, 0.2) is 4.42 Å². The van der Waals surface area contributed by atoms with Crippen molar-refractivity contribution in [3.05, 3.63) is 17.3 Å². The fraction of sp³-hybridized carbons (Fsp3) is 0.722. The lowest BCUT2D eigenvalue weighted by Crippen LogP contribution is -2.41. The number of likely N-dealkylation sites (tertiary alicyclic amines) is 1. The normalized spacial score (nSPS) is 26.6. The molecule has 0 aliphatic carbocycles. The maximum atomic E-state index is 12.7. The lowest BCUT2D eigenvalue weighted by molar-refractivity contribution is -0.142. The molecule has 3 aliphatic rings. The number of carbonyl (C=O) groups excluding carboxylic acids is 2. The molecule has 2 amide bonds. The topological polar surface area (TPSA) is 75.9 Å². The molecule has 4 rings (SSSR count). The van der Waals surface area contributed by atoms with Crippen molar-refractivity contribution in [1.82, 2.24) is 14.8 Å². The van der Waals surface area contributed by atoms with Crippen LogP contribution in [-0.2, 0) is 22.5 Å². The van der Waals surface area contributed by atoms with Crippen LogP contribution in [0.4, 0.5) is 0 Å². The molecule has 2 fully saturated rings. The average Bonchev–Trinajstić information content (AvgIpc) is 3.29.